The Morgan fingerprint density at radius 2 is 1.84 bits per heavy atom. The lowest BCUT2D eigenvalue weighted by Gasteiger charge is -2.51. The fourth-order valence-electron chi connectivity index (χ4n) is 5.24. The summed E-state index contributed by atoms with van der Waals surface area (Å²) in [6.07, 6.45) is -1.70. The van der Waals surface area contributed by atoms with E-state index >= 15 is 0 Å². The van der Waals surface area contributed by atoms with E-state index in [4.69, 9.17) is 17.3 Å². The van der Waals surface area contributed by atoms with Gasteiger partial charge < -0.3 is 31.3 Å². The van der Waals surface area contributed by atoms with Crippen molar-refractivity contribution in [2.45, 2.75) is 24.2 Å². The van der Waals surface area contributed by atoms with Crippen LogP contribution >= 0.6 is 11.6 Å². The summed E-state index contributed by atoms with van der Waals surface area (Å²) in [6.45, 7) is 0. The van der Waals surface area contributed by atoms with Gasteiger partial charge in [-0.2, -0.15) is 0 Å². The number of fused-ring (bicyclic) bond motifs is 3. The number of likely N-dealkylation sites (N-methyl/N-ethyl adjacent to an activating group) is 1. The van der Waals surface area contributed by atoms with Crippen molar-refractivity contribution in [3.05, 3.63) is 45.2 Å². The minimum Gasteiger partial charge on any atom is -0.508 e. The molecule has 0 aromatic heterocycles. The minimum absolute atomic E-state index is 0.00251. The van der Waals surface area contributed by atoms with Crippen LogP contribution in [0.5, 0.6) is 5.75 Å². The summed E-state index contributed by atoms with van der Waals surface area (Å²) in [5.74, 6) is -8.19. The van der Waals surface area contributed by atoms with Crippen molar-refractivity contribution in [1.29, 1.82) is 0 Å². The summed E-state index contributed by atoms with van der Waals surface area (Å²) >= 11 is 6.19. The van der Waals surface area contributed by atoms with E-state index in [1.54, 1.807) is 0 Å². The van der Waals surface area contributed by atoms with Gasteiger partial charge in [0.15, 0.2) is 11.4 Å². The molecule has 1 aromatic rings. The van der Waals surface area contributed by atoms with Gasteiger partial charge in [-0.1, -0.05) is 11.6 Å². The average Bonchev–Trinajstić information content (AvgIpc) is 2.69. The summed E-state index contributed by atoms with van der Waals surface area (Å²) in [5, 5.41) is 54.4. The Bertz CT molecular complexity index is 1160. The van der Waals surface area contributed by atoms with Gasteiger partial charge in [-0.25, -0.2) is 0 Å². The van der Waals surface area contributed by atoms with Crippen molar-refractivity contribution in [3.8, 4) is 5.75 Å². The summed E-state index contributed by atoms with van der Waals surface area (Å²) in [4.78, 5) is 39.8. The van der Waals surface area contributed by atoms with Crippen molar-refractivity contribution >= 4 is 34.8 Å². The molecule has 170 valence electrons. The molecule has 0 heterocycles. The first-order valence-corrected chi connectivity index (χ1v) is 10.1. The average molecular weight is 465 g/mol. The van der Waals surface area contributed by atoms with Gasteiger partial charge in [0.05, 0.1) is 17.7 Å². The van der Waals surface area contributed by atoms with Crippen LogP contribution in [-0.2, 0) is 14.4 Å². The van der Waals surface area contributed by atoms with Gasteiger partial charge in [-0.15, -0.1) is 0 Å². The fraction of sp³-hybridized carbons (Fsp3) is 0.381. The molecular weight excluding hydrogens is 444 g/mol. The summed E-state index contributed by atoms with van der Waals surface area (Å²) in [7, 11) is 2.97. The largest absolute Gasteiger partial charge is 0.508 e. The molecule has 0 radical (unpaired) electrons. The number of aliphatic hydroxyl groups excluding tert-OH is 3. The van der Waals surface area contributed by atoms with Gasteiger partial charge in [0.1, 0.15) is 22.8 Å². The number of carbonyl (C=O) groups excluding carboxylic acids is 3. The zero-order chi connectivity index (χ0) is 23.9. The zero-order valence-corrected chi connectivity index (χ0v) is 17.8. The van der Waals surface area contributed by atoms with Gasteiger partial charge in [0.2, 0.25) is 5.78 Å². The highest BCUT2D eigenvalue weighted by Gasteiger charge is 2.65. The molecule has 1 saturated carbocycles. The third-order valence-electron chi connectivity index (χ3n) is 6.64. The van der Waals surface area contributed by atoms with Gasteiger partial charge >= 0.3 is 0 Å². The first-order chi connectivity index (χ1) is 14.8. The Labute approximate surface area is 186 Å². The molecule has 3 aliphatic carbocycles. The van der Waals surface area contributed by atoms with Crippen molar-refractivity contribution in [2.75, 3.05) is 14.1 Å². The highest BCUT2D eigenvalue weighted by atomic mass is 35.5. The van der Waals surface area contributed by atoms with Crippen molar-refractivity contribution in [2.24, 2.45) is 17.6 Å². The van der Waals surface area contributed by atoms with Crippen molar-refractivity contribution < 1.29 is 39.9 Å². The standard InChI is InChI=1S/C21H21ClN2O8/c1-24(2)14-7-5-6-10(16(27)12-9(25)4-3-8(22)11(12)15(6)26)18(29)21(7,32)19(30)13(17(14)28)20(23)31/h3-4,6-7,14-15,25-27,30,32H,5H2,1-2H3,(H2,23,31)/t6-,7-,14-,15+,21-/m1/s1. The van der Waals surface area contributed by atoms with E-state index in [0.29, 0.717) is 0 Å². The normalized spacial score (nSPS) is 32.1. The van der Waals surface area contributed by atoms with Crippen LogP contribution < -0.4 is 5.73 Å². The number of nitrogens with two attached hydrogens (primary N) is 1. The Hall–Kier alpha value is -2.92. The van der Waals surface area contributed by atoms with Crippen LogP contribution in [0.3, 0.4) is 0 Å². The molecule has 1 amide bonds. The maximum absolute atomic E-state index is 13.6. The lowest BCUT2D eigenvalue weighted by Crippen LogP contribution is -2.66. The molecule has 0 unspecified atom stereocenters. The quantitative estimate of drug-likeness (QED) is 0.331. The maximum Gasteiger partial charge on any atom is 0.255 e. The number of nitrogens with zero attached hydrogens (tertiary/aromatic N) is 1. The summed E-state index contributed by atoms with van der Waals surface area (Å²) in [6, 6.07) is 1.25. The zero-order valence-electron chi connectivity index (χ0n) is 17.0. The van der Waals surface area contributed by atoms with Crippen LogP contribution in [0.4, 0.5) is 0 Å². The van der Waals surface area contributed by atoms with Crippen LogP contribution in [0, 0.1) is 11.8 Å². The van der Waals surface area contributed by atoms with E-state index in [2.05, 4.69) is 0 Å². The molecule has 0 bridgehead atoms. The lowest BCUT2D eigenvalue weighted by molar-refractivity contribution is -0.155. The molecule has 3 aliphatic rings. The van der Waals surface area contributed by atoms with Crippen LogP contribution in [-0.4, -0.2) is 73.6 Å². The number of benzene rings is 1. The molecule has 10 nitrogen and oxygen atoms in total. The molecule has 1 aromatic carbocycles. The first kappa shape index (κ1) is 22.3. The molecule has 11 heteroatoms. The minimum atomic E-state index is -2.77. The van der Waals surface area contributed by atoms with E-state index in [9.17, 15) is 39.9 Å². The number of phenols is 1. The Balaban J connectivity index is 2.03. The highest BCUT2D eigenvalue weighted by molar-refractivity contribution is 6.32. The Morgan fingerprint density at radius 1 is 1.22 bits per heavy atom. The number of rotatable bonds is 2. The Morgan fingerprint density at radius 3 is 2.41 bits per heavy atom. The number of primary amides is 1. The van der Waals surface area contributed by atoms with E-state index in [-0.39, 0.29) is 22.6 Å². The van der Waals surface area contributed by atoms with Gasteiger partial charge in [-0.05, 0) is 32.6 Å². The fourth-order valence-corrected chi connectivity index (χ4v) is 5.51. The predicted octanol–water partition coefficient (Wildman–Crippen LogP) is 0.108. The monoisotopic (exact) mass is 464 g/mol. The molecule has 1 fully saturated rings. The number of halogens is 1. The number of aliphatic hydroxyl groups is 4. The highest BCUT2D eigenvalue weighted by Crippen LogP contribution is 2.56. The first-order valence-electron chi connectivity index (χ1n) is 9.69. The molecule has 0 aliphatic heterocycles. The van der Waals surface area contributed by atoms with E-state index in [0.717, 1.165) is 0 Å². The predicted molar refractivity (Wildman–Crippen MR) is 111 cm³/mol. The van der Waals surface area contributed by atoms with Gasteiger partial charge in [0.25, 0.3) is 5.91 Å². The van der Waals surface area contributed by atoms with Crippen LogP contribution in [0.15, 0.2) is 29.0 Å². The molecular formula is C21H21ClN2O8. The maximum atomic E-state index is 13.6. The summed E-state index contributed by atoms with van der Waals surface area (Å²) in [5.41, 5.74) is 0.845. The molecule has 7 N–H and O–H groups in total. The number of carbonyl (C=O) groups is 3. The molecule has 32 heavy (non-hydrogen) atoms. The van der Waals surface area contributed by atoms with E-state index in [1.807, 2.05) is 0 Å². The molecule has 0 spiro atoms. The second kappa shape index (κ2) is 7.04. The second-order valence-corrected chi connectivity index (χ2v) is 8.87. The van der Waals surface area contributed by atoms with Crippen molar-refractivity contribution in [1.82, 2.24) is 4.90 Å². The third kappa shape index (κ3) is 2.61. The van der Waals surface area contributed by atoms with Crippen molar-refractivity contribution in [3.63, 3.8) is 0 Å². The van der Waals surface area contributed by atoms with Crippen LogP contribution in [0.25, 0.3) is 5.76 Å². The number of phenolic OH excluding ortho intramolecular Hbond substituents is 1. The number of ketones is 2. The lowest BCUT2D eigenvalue weighted by atomic mass is 9.57. The second-order valence-electron chi connectivity index (χ2n) is 8.47. The molecule has 0 saturated heterocycles. The smallest absolute Gasteiger partial charge is 0.255 e. The van der Waals surface area contributed by atoms with Crippen LogP contribution in [0.1, 0.15) is 23.7 Å². The third-order valence-corrected chi connectivity index (χ3v) is 6.97. The topological polar surface area (TPSA) is 182 Å². The SMILES string of the molecule is CN(C)[C@H]1C(=O)C(C(N)=O)=C(O)[C@]2(O)C(=O)C3=C(O)c4c(O)ccc(Cl)c4[C@@H](O)[C@@H]3C[C@H]12. The Kier molecular flexibility index (Phi) is 4.90. The number of Topliss-reactive ketones (excluding diaryl/α,β-unsaturated/α-hetero) is 2. The molecule has 4 rings (SSSR count). The van der Waals surface area contributed by atoms with Gasteiger partial charge in [0, 0.05) is 28.0 Å². The number of hydrogen-bond acceptors (Lipinski definition) is 9. The van der Waals surface area contributed by atoms with Gasteiger partial charge in [-0.3, -0.25) is 19.3 Å². The summed E-state index contributed by atoms with van der Waals surface area (Å²) < 4.78 is 0. The number of amides is 1. The number of aromatic hydroxyl groups is 1. The van der Waals surface area contributed by atoms with E-state index < -0.39 is 75.5 Å². The number of hydrogen-bond donors (Lipinski definition) is 6. The van der Waals surface area contributed by atoms with Crippen LogP contribution in [0.2, 0.25) is 5.02 Å². The molecule has 5 atom stereocenters. The van der Waals surface area contributed by atoms with E-state index in [1.165, 1.54) is 31.1 Å².